The zero-order chi connectivity index (χ0) is 21.6. The number of hydrogen-bond donors (Lipinski definition) is 0. The van der Waals surface area contributed by atoms with E-state index in [1.165, 1.54) is 11.0 Å². The summed E-state index contributed by atoms with van der Waals surface area (Å²) < 4.78 is 40.1. The van der Waals surface area contributed by atoms with Gasteiger partial charge in [0.25, 0.3) is 5.92 Å². The summed E-state index contributed by atoms with van der Waals surface area (Å²) in [5.74, 6) is -3.06. The van der Waals surface area contributed by atoms with Crippen LogP contribution in [0, 0.1) is 11.3 Å². The molecule has 29 heavy (non-hydrogen) atoms. The second-order valence-electron chi connectivity index (χ2n) is 9.89. The van der Waals surface area contributed by atoms with Crippen LogP contribution in [0.15, 0.2) is 12.7 Å². The topological polar surface area (TPSA) is 59.1 Å². The average molecular weight is 414 g/mol. The Labute approximate surface area is 171 Å². The molecule has 1 amide bonds. The Morgan fingerprint density at radius 2 is 1.93 bits per heavy atom. The van der Waals surface area contributed by atoms with Gasteiger partial charge in [-0.05, 0) is 52.9 Å². The van der Waals surface area contributed by atoms with Gasteiger partial charge in [-0.2, -0.15) is 0 Å². The minimum absolute atomic E-state index is 0.168. The van der Waals surface area contributed by atoms with Crippen molar-refractivity contribution in [2.24, 2.45) is 11.3 Å². The summed E-state index contributed by atoms with van der Waals surface area (Å²) in [5, 5.41) is 0. The summed E-state index contributed by atoms with van der Waals surface area (Å²) in [6, 6.07) is -1.53. The van der Waals surface area contributed by atoms with E-state index in [0.29, 0.717) is 32.4 Å². The Bertz CT molecular complexity index is 670. The molecular formula is C21H32F2N2O4. The highest BCUT2D eigenvalue weighted by Gasteiger charge is 2.62. The summed E-state index contributed by atoms with van der Waals surface area (Å²) in [6.45, 7) is 11.2. The summed E-state index contributed by atoms with van der Waals surface area (Å²) in [7, 11) is 0. The molecule has 2 atom stereocenters. The van der Waals surface area contributed by atoms with Crippen molar-refractivity contribution in [3.8, 4) is 0 Å². The van der Waals surface area contributed by atoms with E-state index in [9.17, 15) is 18.4 Å². The lowest BCUT2D eigenvalue weighted by atomic mass is 9.63. The first-order chi connectivity index (χ1) is 13.4. The van der Waals surface area contributed by atoms with E-state index in [4.69, 9.17) is 9.47 Å². The van der Waals surface area contributed by atoms with Gasteiger partial charge < -0.3 is 9.47 Å². The summed E-state index contributed by atoms with van der Waals surface area (Å²) in [6.07, 6.45) is 2.61. The van der Waals surface area contributed by atoms with E-state index in [-0.39, 0.29) is 18.5 Å². The number of carbonyl (C=O) groups is 2. The molecule has 2 heterocycles. The zero-order valence-electron chi connectivity index (χ0n) is 17.7. The average Bonchev–Trinajstić information content (AvgIpc) is 3.09. The minimum atomic E-state index is -2.98. The first-order valence-electron chi connectivity index (χ1n) is 10.3. The predicted octanol–water partition coefficient (Wildman–Crippen LogP) is 3.46. The molecule has 0 radical (unpaired) electrons. The molecule has 1 aliphatic carbocycles. The fraction of sp³-hybridized carbons (Fsp3) is 0.810. The van der Waals surface area contributed by atoms with E-state index in [2.05, 4.69) is 6.58 Å². The van der Waals surface area contributed by atoms with Crippen LogP contribution in [0.5, 0.6) is 0 Å². The van der Waals surface area contributed by atoms with E-state index in [0.717, 1.165) is 0 Å². The molecule has 0 aromatic rings. The molecule has 0 bridgehead atoms. The number of carbonyl (C=O) groups excluding carboxylic acids is 2. The van der Waals surface area contributed by atoms with Crippen molar-refractivity contribution in [2.75, 3.05) is 26.2 Å². The van der Waals surface area contributed by atoms with Crippen LogP contribution in [0.3, 0.4) is 0 Å². The summed E-state index contributed by atoms with van der Waals surface area (Å²) in [5.41, 5.74) is -1.27. The van der Waals surface area contributed by atoms with E-state index in [1.54, 1.807) is 25.7 Å². The second-order valence-corrected chi connectivity index (χ2v) is 9.89. The molecule has 0 N–H and O–H groups in total. The third-order valence-electron chi connectivity index (χ3n) is 6.11. The van der Waals surface area contributed by atoms with Gasteiger partial charge in [-0.1, -0.05) is 12.7 Å². The van der Waals surface area contributed by atoms with Crippen molar-refractivity contribution in [3.63, 3.8) is 0 Å². The number of hydrogen-bond acceptors (Lipinski definition) is 5. The van der Waals surface area contributed by atoms with Gasteiger partial charge in [0.05, 0.1) is 24.0 Å². The fourth-order valence-electron chi connectivity index (χ4n) is 5.03. The maximum Gasteiger partial charge on any atom is 0.410 e. The van der Waals surface area contributed by atoms with Crippen LogP contribution < -0.4 is 0 Å². The lowest BCUT2D eigenvalue weighted by molar-refractivity contribution is -0.163. The summed E-state index contributed by atoms with van der Waals surface area (Å²) >= 11 is 0. The van der Waals surface area contributed by atoms with Crippen LogP contribution in [0.2, 0.25) is 0 Å². The number of alkyl halides is 2. The van der Waals surface area contributed by atoms with Crippen LogP contribution in [-0.4, -0.2) is 71.7 Å². The number of esters is 1. The Morgan fingerprint density at radius 1 is 1.28 bits per heavy atom. The van der Waals surface area contributed by atoms with Gasteiger partial charge >= 0.3 is 12.1 Å². The molecule has 0 spiro atoms. The van der Waals surface area contributed by atoms with Crippen molar-refractivity contribution in [2.45, 2.75) is 70.6 Å². The number of fused-ring (bicyclic) bond motifs is 1. The third kappa shape index (κ3) is 4.42. The van der Waals surface area contributed by atoms with Crippen molar-refractivity contribution >= 4 is 12.1 Å². The fourth-order valence-corrected chi connectivity index (χ4v) is 5.03. The highest BCUT2D eigenvalue weighted by atomic mass is 19.3. The Kier molecular flexibility index (Phi) is 5.71. The number of nitrogens with zero attached hydrogens (tertiary/aromatic N) is 2. The molecule has 164 valence electrons. The van der Waals surface area contributed by atoms with Gasteiger partial charge in [-0.25, -0.2) is 13.6 Å². The van der Waals surface area contributed by atoms with E-state index < -0.39 is 41.7 Å². The third-order valence-corrected chi connectivity index (χ3v) is 6.11. The molecule has 8 heteroatoms. The van der Waals surface area contributed by atoms with Gasteiger partial charge in [-0.15, -0.1) is 0 Å². The highest BCUT2D eigenvalue weighted by molar-refractivity contribution is 5.77. The molecule has 0 aromatic carbocycles. The molecule has 2 aliphatic heterocycles. The maximum absolute atomic E-state index is 14.8. The van der Waals surface area contributed by atoms with Gasteiger partial charge in [0.15, 0.2) is 0 Å². The number of likely N-dealkylation sites (tertiary alicyclic amines) is 2. The number of halogens is 2. The Hall–Kier alpha value is -1.70. The normalized spacial score (nSPS) is 33.7. The molecule has 1 saturated carbocycles. The second kappa shape index (κ2) is 7.52. The van der Waals surface area contributed by atoms with Gasteiger partial charge in [-0.3, -0.25) is 14.6 Å². The van der Waals surface area contributed by atoms with Crippen LogP contribution in [-0.2, 0) is 14.3 Å². The first kappa shape index (κ1) is 22.0. The molecule has 3 rings (SSSR count). The van der Waals surface area contributed by atoms with Crippen molar-refractivity contribution < 1.29 is 27.8 Å². The maximum atomic E-state index is 14.8. The van der Waals surface area contributed by atoms with Gasteiger partial charge in [0, 0.05) is 13.1 Å². The molecule has 2 saturated heterocycles. The van der Waals surface area contributed by atoms with Crippen molar-refractivity contribution in [1.82, 2.24) is 9.80 Å². The quantitative estimate of drug-likeness (QED) is 0.509. The highest BCUT2D eigenvalue weighted by Crippen LogP contribution is 2.49. The standard InChI is InChI=1S/C21H32F2N2O4/c1-6-9-28-17(26)20(5)10-14(11-20)12-24-8-7-15-16(24)21(22,23)13-25(15)18(27)29-19(2,3)4/h6,14-16H,1,7-13H2,2-5H3/t14?,15-,16+,20?/m0/s1. The lowest BCUT2D eigenvalue weighted by Crippen LogP contribution is -2.51. The van der Waals surface area contributed by atoms with Gasteiger partial charge in [0.1, 0.15) is 12.2 Å². The Morgan fingerprint density at radius 3 is 2.52 bits per heavy atom. The zero-order valence-corrected chi connectivity index (χ0v) is 17.7. The number of amides is 1. The van der Waals surface area contributed by atoms with E-state index >= 15 is 0 Å². The summed E-state index contributed by atoms with van der Waals surface area (Å²) in [4.78, 5) is 27.6. The first-order valence-corrected chi connectivity index (χ1v) is 10.3. The molecular weight excluding hydrogens is 382 g/mol. The smallest absolute Gasteiger partial charge is 0.410 e. The molecule has 3 aliphatic rings. The predicted molar refractivity (Wildman–Crippen MR) is 104 cm³/mol. The number of rotatable bonds is 5. The molecule has 0 unspecified atom stereocenters. The Balaban J connectivity index is 1.59. The largest absolute Gasteiger partial charge is 0.461 e. The van der Waals surface area contributed by atoms with Gasteiger partial charge in [0.2, 0.25) is 0 Å². The minimum Gasteiger partial charge on any atom is -0.461 e. The lowest BCUT2D eigenvalue weighted by Gasteiger charge is -2.45. The molecule has 3 fully saturated rings. The van der Waals surface area contributed by atoms with Crippen molar-refractivity contribution in [1.29, 1.82) is 0 Å². The van der Waals surface area contributed by atoms with E-state index in [1.807, 2.05) is 6.92 Å². The van der Waals surface area contributed by atoms with Crippen LogP contribution >= 0.6 is 0 Å². The number of ether oxygens (including phenoxy) is 2. The molecule has 6 nitrogen and oxygen atoms in total. The molecule has 0 aromatic heterocycles. The SMILES string of the molecule is C=CCOC(=O)C1(C)CC(CN2CC[C@H]3[C@@H]2C(F)(F)CN3C(=O)OC(C)(C)C)C1. The van der Waals surface area contributed by atoms with Crippen LogP contribution in [0.25, 0.3) is 0 Å². The van der Waals surface area contributed by atoms with Crippen molar-refractivity contribution in [3.05, 3.63) is 12.7 Å². The van der Waals surface area contributed by atoms with Crippen LogP contribution in [0.4, 0.5) is 13.6 Å². The monoisotopic (exact) mass is 414 g/mol. The van der Waals surface area contributed by atoms with Crippen LogP contribution in [0.1, 0.15) is 47.0 Å².